The number of nitrogens with one attached hydrogen (secondary N) is 3. The minimum atomic E-state index is -0.758. The van der Waals surface area contributed by atoms with Crippen LogP contribution in [0.5, 0.6) is 0 Å². The van der Waals surface area contributed by atoms with Crippen molar-refractivity contribution < 1.29 is 14.4 Å². The lowest BCUT2D eigenvalue weighted by Crippen LogP contribution is -2.53. The van der Waals surface area contributed by atoms with Crippen LogP contribution in [-0.4, -0.2) is 51.2 Å². The van der Waals surface area contributed by atoms with Crippen molar-refractivity contribution in [1.29, 1.82) is 0 Å². The number of benzene rings is 1. The molecule has 1 saturated heterocycles. The number of H-pyrrole nitrogens is 1. The minimum Gasteiger partial charge on any atom is -0.356 e. The van der Waals surface area contributed by atoms with E-state index in [-0.39, 0.29) is 36.2 Å². The lowest BCUT2D eigenvalue weighted by atomic mass is 9.93. The van der Waals surface area contributed by atoms with Crippen LogP contribution < -0.4 is 10.6 Å². The highest BCUT2D eigenvalue weighted by Crippen LogP contribution is 2.25. The predicted molar refractivity (Wildman–Crippen MR) is 134 cm³/mol. The summed E-state index contributed by atoms with van der Waals surface area (Å²) in [6.07, 6.45) is 9.20. The molecule has 0 bridgehead atoms. The molecular weight excluding hydrogens is 442 g/mol. The summed E-state index contributed by atoms with van der Waals surface area (Å²) in [5, 5.41) is 6.08. The Labute approximate surface area is 207 Å². The van der Waals surface area contributed by atoms with Crippen molar-refractivity contribution in [3.8, 4) is 0 Å². The van der Waals surface area contributed by atoms with Crippen LogP contribution in [0.2, 0.25) is 0 Å². The average molecular weight is 480 g/mol. The lowest BCUT2D eigenvalue weighted by molar-refractivity contribution is -0.128. The topological polar surface area (TPSA) is 107 Å². The second-order valence-electron chi connectivity index (χ2n) is 10.2. The Hall–Kier alpha value is -3.16. The van der Waals surface area contributed by atoms with E-state index in [1.54, 1.807) is 4.90 Å². The fraction of sp³-hybridized carbons (Fsp3) is 0.556. The largest absolute Gasteiger partial charge is 0.356 e. The van der Waals surface area contributed by atoms with E-state index < -0.39 is 6.04 Å². The Bertz CT molecular complexity index is 996. The molecule has 1 aromatic carbocycles. The number of hydrogen-bond donors (Lipinski definition) is 3. The number of carbonyl (C=O) groups is 3. The number of aromatic amines is 1. The standard InChI is InChI=1S/C27H37N5O3/c1-18(2)20-10-8-19(9-11-20)16-32(27(35)23-15-28-17-30-23)24(14-21-12-13-29-25(21)33)26(34)31-22-6-4-3-5-7-22/h8-11,15,17-18,21-22,24H,3-7,12-14,16H2,1-2H3,(H,28,30)(H,29,33)(H,31,34)/t21-,24-/m0/s1. The van der Waals surface area contributed by atoms with Crippen molar-refractivity contribution in [2.75, 3.05) is 6.54 Å². The van der Waals surface area contributed by atoms with Crippen LogP contribution in [0.4, 0.5) is 0 Å². The highest BCUT2D eigenvalue weighted by molar-refractivity contribution is 5.96. The van der Waals surface area contributed by atoms with Gasteiger partial charge in [0.05, 0.1) is 12.5 Å². The molecule has 1 aliphatic carbocycles. The number of imidazole rings is 1. The van der Waals surface area contributed by atoms with Crippen LogP contribution >= 0.6 is 0 Å². The third kappa shape index (κ3) is 6.29. The van der Waals surface area contributed by atoms with Crippen LogP contribution in [0.3, 0.4) is 0 Å². The smallest absolute Gasteiger partial charge is 0.272 e. The predicted octanol–water partition coefficient (Wildman–Crippen LogP) is 3.52. The molecule has 188 valence electrons. The number of nitrogens with zero attached hydrogens (tertiary/aromatic N) is 2. The van der Waals surface area contributed by atoms with Gasteiger partial charge in [-0.3, -0.25) is 14.4 Å². The van der Waals surface area contributed by atoms with E-state index in [0.717, 1.165) is 31.2 Å². The first-order chi connectivity index (χ1) is 16.9. The fourth-order valence-electron chi connectivity index (χ4n) is 5.12. The van der Waals surface area contributed by atoms with Gasteiger partial charge in [0.15, 0.2) is 0 Å². The molecule has 0 spiro atoms. The Balaban J connectivity index is 1.63. The van der Waals surface area contributed by atoms with Crippen LogP contribution in [0.15, 0.2) is 36.8 Å². The Morgan fingerprint density at radius 3 is 2.46 bits per heavy atom. The molecule has 2 aliphatic rings. The van der Waals surface area contributed by atoms with E-state index in [9.17, 15) is 14.4 Å². The Morgan fingerprint density at radius 1 is 1.11 bits per heavy atom. The molecule has 2 aromatic rings. The van der Waals surface area contributed by atoms with Gasteiger partial charge in [-0.05, 0) is 42.7 Å². The van der Waals surface area contributed by atoms with Crippen molar-refractivity contribution in [3.05, 3.63) is 53.6 Å². The van der Waals surface area contributed by atoms with Crippen molar-refractivity contribution in [2.24, 2.45) is 5.92 Å². The highest BCUT2D eigenvalue weighted by Gasteiger charge is 2.37. The first-order valence-corrected chi connectivity index (χ1v) is 12.9. The second kappa shape index (κ2) is 11.5. The molecule has 1 saturated carbocycles. The molecule has 4 rings (SSSR count). The zero-order valence-corrected chi connectivity index (χ0v) is 20.8. The molecule has 3 N–H and O–H groups in total. The lowest BCUT2D eigenvalue weighted by Gasteiger charge is -2.34. The van der Waals surface area contributed by atoms with E-state index in [2.05, 4.69) is 46.6 Å². The summed E-state index contributed by atoms with van der Waals surface area (Å²) in [5.41, 5.74) is 2.48. The molecule has 0 radical (unpaired) electrons. The number of rotatable bonds is 9. The van der Waals surface area contributed by atoms with Gasteiger partial charge >= 0.3 is 0 Å². The minimum absolute atomic E-state index is 0.0457. The fourth-order valence-corrected chi connectivity index (χ4v) is 5.12. The van der Waals surface area contributed by atoms with Gasteiger partial charge in [-0.1, -0.05) is 57.4 Å². The van der Waals surface area contributed by atoms with E-state index in [1.807, 2.05) is 12.1 Å². The van der Waals surface area contributed by atoms with Crippen LogP contribution in [0, 0.1) is 5.92 Å². The second-order valence-corrected chi connectivity index (χ2v) is 10.2. The first-order valence-electron chi connectivity index (χ1n) is 12.9. The van der Waals surface area contributed by atoms with E-state index >= 15 is 0 Å². The summed E-state index contributed by atoms with van der Waals surface area (Å²) in [6.45, 7) is 5.15. The monoisotopic (exact) mass is 479 g/mol. The van der Waals surface area contributed by atoms with Crippen molar-refractivity contribution in [2.45, 2.75) is 83.3 Å². The highest BCUT2D eigenvalue weighted by atomic mass is 16.2. The van der Waals surface area contributed by atoms with E-state index in [0.29, 0.717) is 31.0 Å². The Morgan fingerprint density at radius 2 is 1.86 bits per heavy atom. The third-order valence-corrected chi connectivity index (χ3v) is 7.29. The number of carbonyl (C=O) groups excluding carboxylic acids is 3. The van der Waals surface area contributed by atoms with Crippen molar-refractivity contribution in [1.82, 2.24) is 25.5 Å². The van der Waals surface area contributed by atoms with Gasteiger partial charge in [0, 0.05) is 25.0 Å². The van der Waals surface area contributed by atoms with Gasteiger partial charge in [0.25, 0.3) is 5.91 Å². The zero-order chi connectivity index (χ0) is 24.8. The summed E-state index contributed by atoms with van der Waals surface area (Å²) < 4.78 is 0. The first kappa shape index (κ1) is 24.9. The van der Waals surface area contributed by atoms with E-state index in [1.165, 1.54) is 24.5 Å². The number of amides is 3. The maximum absolute atomic E-state index is 13.7. The average Bonchev–Trinajstić information content (AvgIpc) is 3.54. The summed E-state index contributed by atoms with van der Waals surface area (Å²) in [4.78, 5) is 48.3. The molecule has 8 nitrogen and oxygen atoms in total. The maximum atomic E-state index is 13.7. The van der Waals surface area contributed by atoms with E-state index in [4.69, 9.17) is 0 Å². The zero-order valence-electron chi connectivity index (χ0n) is 20.8. The number of aromatic nitrogens is 2. The van der Waals surface area contributed by atoms with Crippen LogP contribution in [-0.2, 0) is 16.1 Å². The van der Waals surface area contributed by atoms with Crippen LogP contribution in [0.25, 0.3) is 0 Å². The molecule has 8 heteroatoms. The van der Waals surface area contributed by atoms with Gasteiger partial charge < -0.3 is 20.5 Å². The van der Waals surface area contributed by atoms with Crippen molar-refractivity contribution in [3.63, 3.8) is 0 Å². The molecular formula is C27H37N5O3. The Kier molecular flexibility index (Phi) is 8.21. The third-order valence-electron chi connectivity index (χ3n) is 7.29. The molecule has 3 amide bonds. The molecule has 0 unspecified atom stereocenters. The van der Waals surface area contributed by atoms with Gasteiger partial charge in [0.2, 0.25) is 11.8 Å². The van der Waals surface area contributed by atoms with Gasteiger partial charge in [-0.25, -0.2) is 4.98 Å². The number of hydrogen-bond acceptors (Lipinski definition) is 4. The summed E-state index contributed by atoms with van der Waals surface area (Å²) in [7, 11) is 0. The molecule has 2 atom stereocenters. The molecule has 35 heavy (non-hydrogen) atoms. The summed E-state index contributed by atoms with van der Waals surface area (Å²) in [5.74, 6) is -0.407. The SMILES string of the molecule is CC(C)c1ccc(CN(C(=O)c2cnc[nH]2)[C@@H](C[C@@H]2CCNC2=O)C(=O)NC2CCCCC2)cc1. The maximum Gasteiger partial charge on any atom is 0.272 e. The summed E-state index contributed by atoms with van der Waals surface area (Å²) >= 11 is 0. The quantitative estimate of drug-likeness (QED) is 0.511. The molecule has 2 heterocycles. The molecule has 1 aliphatic heterocycles. The van der Waals surface area contributed by atoms with Gasteiger partial charge in [0.1, 0.15) is 11.7 Å². The van der Waals surface area contributed by atoms with Crippen LogP contribution in [0.1, 0.15) is 86.3 Å². The summed E-state index contributed by atoms with van der Waals surface area (Å²) in [6, 6.07) is 7.53. The van der Waals surface area contributed by atoms with Gasteiger partial charge in [-0.15, -0.1) is 0 Å². The molecule has 1 aromatic heterocycles. The normalized spacial score (nSPS) is 19.4. The van der Waals surface area contributed by atoms with Crippen molar-refractivity contribution >= 4 is 17.7 Å². The molecule has 2 fully saturated rings. The van der Waals surface area contributed by atoms with Gasteiger partial charge in [-0.2, -0.15) is 0 Å².